The molecule has 2 aromatic heterocycles. The van der Waals surface area contributed by atoms with Gasteiger partial charge in [-0.1, -0.05) is 0 Å². The van der Waals surface area contributed by atoms with Gasteiger partial charge in [0, 0.05) is 12.2 Å². The molecule has 0 radical (unpaired) electrons. The van der Waals surface area contributed by atoms with Crippen molar-refractivity contribution in [2.75, 3.05) is 18.5 Å². The lowest BCUT2D eigenvalue weighted by Crippen LogP contribution is -2.27. The third-order valence-corrected chi connectivity index (χ3v) is 4.98. The number of nitriles is 1. The molecular weight excluding hydrogens is 302 g/mol. The van der Waals surface area contributed by atoms with Gasteiger partial charge in [-0.2, -0.15) is 5.26 Å². The Morgan fingerprint density at radius 3 is 2.83 bits per heavy atom. The molecular formula is C19H22N3O2+. The van der Waals surface area contributed by atoms with E-state index in [0.29, 0.717) is 0 Å². The molecule has 1 aliphatic heterocycles. The van der Waals surface area contributed by atoms with Gasteiger partial charge in [-0.3, -0.25) is 5.32 Å². The normalized spacial score (nSPS) is 19.7. The molecule has 2 N–H and O–H groups in total. The van der Waals surface area contributed by atoms with Crippen molar-refractivity contribution in [2.24, 2.45) is 0 Å². The van der Waals surface area contributed by atoms with Crippen molar-refractivity contribution in [1.29, 1.82) is 5.26 Å². The fourth-order valence-corrected chi connectivity index (χ4v) is 3.78. The van der Waals surface area contributed by atoms with Crippen LogP contribution in [-0.4, -0.2) is 19.3 Å². The lowest BCUT2D eigenvalue weighted by Gasteiger charge is -2.19. The van der Waals surface area contributed by atoms with Gasteiger partial charge in [0.2, 0.25) is 0 Å². The monoisotopic (exact) mass is 324 g/mol. The van der Waals surface area contributed by atoms with E-state index in [2.05, 4.69) is 16.4 Å². The zero-order valence-electron chi connectivity index (χ0n) is 13.7. The topological polar surface area (TPSA) is 72.3 Å². The second-order valence-corrected chi connectivity index (χ2v) is 6.52. The molecule has 5 nitrogen and oxygen atoms in total. The third-order valence-electron chi connectivity index (χ3n) is 4.98. The summed E-state index contributed by atoms with van der Waals surface area (Å²) in [4.78, 5) is 3.44. The Kier molecular flexibility index (Phi) is 4.22. The molecule has 3 heterocycles. The fraction of sp³-hybridized carbons (Fsp3) is 0.474. The molecule has 0 spiro atoms. The molecule has 0 aromatic carbocycles. The molecule has 124 valence electrons. The maximum Gasteiger partial charge on any atom is 0.291 e. The van der Waals surface area contributed by atoms with Gasteiger partial charge in [-0.15, -0.1) is 0 Å². The second-order valence-electron chi connectivity index (χ2n) is 6.52. The predicted molar refractivity (Wildman–Crippen MR) is 89.5 cm³/mol. The first-order valence-corrected chi connectivity index (χ1v) is 8.77. The number of hydrogen-bond donors (Lipinski definition) is 1. The van der Waals surface area contributed by atoms with Crippen molar-refractivity contribution in [3.63, 3.8) is 0 Å². The number of rotatable bonds is 4. The number of aromatic nitrogens is 1. The summed E-state index contributed by atoms with van der Waals surface area (Å²) in [6.45, 7) is 1.56. The molecule has 4 rings (SSSR count). The SMILES string of the molecule is N#Cc1c(NC[C@H]2CCCO2)[nH+]c(-c2ccco2)c2c1CCCC2. The summed E-state index contributed by atoms with van der Waals surface area (Å²) in [6, 6.07) is 6.27. The summed E-state index contributed by atoms with van der Waals surface area (Å²) in [5.74, 6) is 1.62. The minimum atomic E-state index is 0.230. The van der Waals surface area contributed by atoms with Gasteiger partial charge < -0.3 is 9.15 Å². The van der Waals surface area contributed by atoms with Crippen LogP contribution in [0.15, 0.2) is 22.8 Å². The first-order valence-electron chi connectivity index (χ1n) is 8.77. The number of aromatic amines is 1. The van der Waals surface area contributed by atoms with E-state index < -0.39 is 0 Å². The van der Waals surface area contributed by atoms with Crippen molar-refractivity contribution >= 4 is 5.82 Å². The molecule has 2 aromatic rings. The van der Waals surface area contributed by atoms with Crippen LogP contribution in [0.4, 0.5) is 5.82 Å². The van der Waals surface area contributed by atoms with Crippen LogP contribution in [0.3, 0.4) is 0 Å². The van der Waals surface area contributed by atoms with E-state index in [1.54, 1.807) is 6.26 Å². The number of pyridine rings is 1. The largest absolute Gasteiger partial charge is 0.461 e. The predicted octanol–water partition coefficient (Wildman–Crippen LogP) is 3.10. The highest BCUT2D eigenvalue weighted by Gasteiger charge is 2.28. The van der Waals surface area contributed by atoms with E-state index in [-0.39, 0.29) is 6.10 Å². The van der Waals surface area contributed by atoms with E-state index in [4.69, 9.17) is 9.15 Å². The zero-order chi connectivity index (χ0) is 16.4. The Balaban J connectivity index is 1.74. The number of H-pyrrole nitrogens is 1. The van der Waals surface area contributed by atoms with Gasteiger partial charge in [0.25, 0.3) is 5.82 Å². The Hall–Kier alpha value is -2.32. The van der Waals surface area contributed by atoms with E-state index in [1.165, 1.54) is 11.1 Å². The van der Waals surface area contributed by atoms with Gasteiger partial charge in [-0.25, -0.2) is 4.98 Å². The first kappa shape index (κ1) is 15.2. The van der Waals surface area contributed by atoms with Crippen LogP contribution in [0.1, 0.15) is 42.4 Å². The lowest BCUT2D eigenvalue weighted by molar-refractivity contribution is -0.350. The van der Waals surface area contributed by atoms with Gasteiger partial charge >= 0.3 is 0 Å². The number of nitrogens with zero attached hydrogens (tertiary/aromatic N) is 1. The number of fused-ring (bicyclic) bond motifs is 1. The molecule has 24 heavy (non-hydrogen) atoms. The van der Waals surface area contributed by atoms with Crippen LogP contribution >= 0.6 is 0 Å². The first-order chi connectivity index (χ1) is 11.9. The van der Waals surface area contributed by atoms with E-state index in [0.717, 1.165) is 74.5 Å². The molecule has 0 amide bonds. The molecule has 0 saturated carbocycles. The molecule has 0 unspecified atom stereocenters. The molecule has 1 aliphatic carbocycles. The number of hydrogen-bond acceptors (Lipinski definition) is 4. The van der Waals surface area contributed by atoms with E-state index in [1.807, 2.05) is 12.1 Å². The van der Waals surface area contributed by atoms with Gasteiger partial charge in [0.1, 0.15) is 18.2 Å². The Morgan fingerprint density at radius 2 is 2.12 bits per heavy atom. The average Bonchev–Trinajstić information content (AvgIpc) is 3.32. The van der Waals surface area contributed by atoms with Crippen molar-refractivity contribution in [3.05, 3.63) is 35.1 Å². The van der Waals surface area contributed by atoms with Crippen molar-refractivity contribution in [3.8, 4) is 17.5 Å². The molecule has 1 saturated heterocycles. The molecule has 5 heteroatoms. The Labute approximate surface area is 141 Å². The second kappa shape index (κ2) is 6.66. The Bertz CT molecular complexity index is 756. The highest BCUT2D eigenvalue weighted by atomic mass is 16.5. The maximum atomic E-state index is 9.72. The van der Waals surface area contributed by atoms with E-state index in [9.17, 15) is 5.26 Å². The van der Waals surface area contributed by atoms with Crippen molar-refractivity contribution in [2.45, 2.75) is 44.6 Å². The van der Waals surface area contributed by atoms with E-state index >= 15 is 0 Å². The lowest BCUT2D eigenvalue weighted by atomic mass is 9.87. The number of furan rings is 1. The number of ether oxygens (including phenoxy) is 1. The smallest absolute Gasteiger partial charge is 0.291 e. The molecule has 1 atom stereocenters. The minimum absolute atomic E-state index is 0.230. The van der Waals surface area contributed by atoms with Crippen LogP contribution in [-0.2, 0) is 17.6 Å². The van der Waals surface area contributed by atoms with Crippen molar-refractivity contribution in [1.82, 2.24) is 0 Å². The molecule has 2 aliphatic rings. The fourth-order valence-electron chi connectivity index (χ4n) is 3.78. The standard InChI is InChI=1S/C19H21N3O2/c20-11-16-14-6-1-2-7-15(14)18(17-8-4-10-24-17)22-19(16)21-12-13-5-3-9-23-13/h4,8,10,13H,1-3,5-7,9,12H2,(H,21,22)/p+1/t13-/m1/s1. The zero-order valence-corrected chi connectivity index (χ0v) is 13.7. The van der Waals surface area contributed by atoms with Crippen LogP contribution in [0.2, 0.25) is 0 Å². The van der Waals surface area contributed by atoms with Gasteiger partial charge in [0.05, 0.1) is 12.4 Å². The van der Waals surface area contributed by atoms with Crippen LogP contribution in [0.5, 0.6) is 0 Å². The average molecular weight is 324 g/mol. The highest BCUT2D eigenvalue weighted by Crippen LogP contribution is 2.33. The quantitative estimate of drug-likeness (QED) is 0.938. The van der Waals surface area contributed by atoms with Gasteiger partial charge in [0.15, 0.2) is 11.5 Å². The number of nitrogens with one attached hydrogen (secondary N) is 2. The molecule has 0 bridgehead atoms. The molecule has 1 fully saturated rings. The van der Waals surface area contributed by atoms with Crippen LogP contribution < -0.4 is 10.3 Å². The summed E-state index contributed by atoms with van der Waals surface area (Å²) in [5, 5.41) is 13.1. The summed E-state index contributed by atoms with van der Waals surface area (Å²) < 4.78 is 11.3. The van der Waals surface area contributed by atoms with Crippen LogP contribution in [0, 0.1) is 11.3 Å². The van der Waals surface area contributed by atoms with Crippen LogP contribution in [0.25, 0.3) is 11.5 Å². The summed E-state index contributed by atoms with van der Waals surface area (Å²) in [5.41, 5.74) is 4.15. The maximum absolute atomic E-state index is 9.72. The third kappa shape index (κ3) is 2.78. The highest BCUT2D eigenvalue weighted by molar-refractivity contribution is 5.64. The summed E-state index contributed by atoms with van der Waals surface area (Å²) in [6.07, 6.45) is 8.34. The van der Waals surface area contributed by atoms with Gasteiger partial charge in [-0.05, 0) is 56.2 Å². The summed E-state index contributed by atoms with van der Waals surface area (Å²) in [7, 11) is 0. The Morgan fingerprint density at radius 1 is 1.25 bits per heavy atom. The number of anilines is 1. The summed E-state index contributed by atoms with van der Waals surface area (Å²) >= 11 is 0. The minimum Gasteiger partial charge on any atom is -0.461 e. The van der Waals surface area contributed by atoms with Crippen molar-refractivity contribution < 1.29 is 14.1 Å².